The Morgan fingerprint density at radius 1 is 0.706 bits per heavy atom. The molecule has 1 heterocycles. The summed E-state index contributed by atoms with van der Waals surface area (Å²) in [6.45, 7) is 2.55. The molecule has 0 spiro atoms. The first-order chi connectivity index (χ1) is 16.5. The third-order valence-corrected chi connectivity index (χ3v) is 7.89. The Morgan fingerprint density at radius 3 is 1.88 bits per heavy atom. The van der Waals surface area contributed by atoms with Gasteiger partial charge >= 0.3 is 0 Å². The topological polar surface area (TPSA) is 37.4 Å². The van der Waals surface area contributed by atoms with Gasteiger partial charge in [0.15, 0.2) is 0 Å². The van der Waals surface area contributed by atoms with E-state index in [1.54, 1.807) is 16.4 Å². The Hall–Kier alpha value is -3.69. The Morgan fingerprint density at radius 2 is 1.26 bits per heavy atom. The first-order valence-corrected chi connectivity index (χ1v) is 12.7. The van der Waals surface area contributed by atoms with Gasteiger partial charge in [-0.25, -0.2) is 8.42 Å². The van der Waals surface area contributed by atoms with Gasteiger partial charge in [-0.1, -0.05) is 103 Å². The van der Waals surface area contributed by atoms with Gasteiger partial charge in [0.25, 0.3) is 0 Å². The largest absolute Gasteiger partial charge is 0.243 e. The summed E-state index contributed by atoms with van der Waals surface area (Å²) in [6.07, 6.45) is 0. The fourth-order valence-corrected chi connectivity index (χ4v) is 5.65. The number of nitrogens with zero attached hydrogens (tertiary/aromatic N) is 1. The van der Waals surface area contributed by atoms with Crippen molar-refractivity contribution in [2.45, 2.75) is 18.4 Å². The zero-order valence-electron chi connectivity index (χ0n) is 19.0. The van der Waals surface area contributed by atoms with Crippen LogP contribution in [0.4, 0.5) is 0 Å². The number of aryl methyl sites for hydroxylation is 1. The molecule has 0 saturated heterocycles. The van der Waals surface area contributed by atoms with Gasteiger partial charge in [-0.05, 0) is 41.3 Å². The summed E-state index contributed by atoms with van der Waals surface area (Å²) in [5.41, 5.74) is 10.6. The van der Waals surface area contributed by atoms with Gasteiger partial charge in [-0.2, -0.15) is 4.31 Å². The van der Waals surface area contributed by atoms with Gasteiger partial charge < -0.3 is 0 Å². The fourth-order valence-electron chi connectivity index (χ4n) is 4.27. The molecule has 5 rings (SSSR count). The van der Waals surface area contributed by atoms with Crippen LogP contribution in [-0.2, 0) is 16.6 Å². The van der Waals surface area contributed by atoms with Gasteiger partial charge in [0.1, 0.15) is 0 Å². The summed E-state index contributed by atoms with van der Waals surface area (Å²) in [5.74, 6) is 0. The van der Waals surface area contributed by atoms with Crippen LogP contribution in [0.5, 0.6) is 0 Å². The summed E-state index contributed by atoms with van der Waals surface area (Å²) in [7, 11) is -3.66. The highest BCUT2D eigenvalue weighted by atomic mass is 32.2. The Kier molecular flexibility index (Phi) is 6.04. The third-order valence-electron chi connectivity index (χ3n) is 6.08. The van der Waals surface area contributed by atoms with E-state index in [4.69, 9.17) is 0 Å². The summed E-state index contributed by atoms with van der Waals surface area (Å²) in [4.78, 5) is 0.312. The molecule has 0 saturated carbocycles. The van der Waals surface area contributed by atoms with Crippen molar-refractivity contribution in [1.29, 1.82) is 0 Å². The van der Waals surface area contributed by atoms with Crippen molar-refractivity contribution in [2.75, 3.05) is 6.54 Å². The summed E-state index contributed by atoms with van der Waals surface area (Å²) < 4.78 is 28.7. The monoisotopic (exact) mass is 463 g/mol. The number of rotatable bonds is 4. The molecule has 0 aromatic heterocycles. The second kappa shape index (κ2) is 9.28. The van der Waals surface area contributed by atoms with Gasteiger partial charge in [-0.3, -0.25) is 0 Å². The molecule has 3 nitrogen and oxygen atoms in total. The van der Waals surface area contributed by atoms with Crippen molar-refractivity contribution in [3.05, 3.63) is 143 Å². The maximum Gasteiger partial charge on any atom is 0.243 e. The third kappa shape index (κ3) is 4.40. The average Bonchev–Trinajstić information content (AvgIpc) is 2.88. The maximum atomic E-state index is 13.6. The number of sulfonamides is 1. The van der Waals surface area contributed by atoms with E-state index in [0.717, 1.165) is 39.0 Å². The summed E-state index contributed by atoms with van der Waals surface area (Å²) >= 11 is 0. The van der Waals surface area contributed by atoms with Crippen molar-refractivity contribution in [1.82, 2.24) is 4.31 Å². The van der Waals surface area contributed by atoms with Crippen molar-refractivity contribution in [3.63, 3.8) is 0 Å². The predicted molar refractivity (Wildman–Crippen MR) is 138 cm³/mol. The molecule has 0 aliphatic carbocycles. The first-order valence-electron chi connectivity index (χ1n) is 11.3. The molecule has 0 radical (unpaired) electrons. The highest BCUT2D eigenvalue weighted by Crippen LogP contribution is 2.33. The Labute approximate surface area is 201 Å². The van der Waals surface area contributed by atoms with E-state index in [1.807, 2.05) is 73.7 Å². The van der Waals surface area contributed by atoms with Crippen LogP contribution in [0.25, 0.3) is 11.1 Å². The molecule has 168 valence electrons. The van der Waals surface area contributed by atoms with Gasteiger partial charge in [0.05, 0.1) is 4.90 Å². The van der Waals surface area contributed by atoms with Crippen molar-refractivity contribution < 1.29 is 8.42 Å². The first kappa shape index (κ1) is 22.1. The second-order valence-electron chi connectivity index (χ2n) is 8.45. The van der Waals surface area contributed by atoms with Crippen LogP contribution in [0.3, 0.4) is 0 Å². The minimum Gasteiger partial charge on any atom is -0.207 e. The normalized spacial score (nSPS) is 13.7. The molecule has 0 N–H and O–H groups in total. The average molecular weight is 464 g/mol. The van der Waals surface area contributed by atoms with E-state index in [0.29, 0.717) is 11.4 Å². The summed E-state index contributed by atoms with van der Waals surface area (Å²) in [5, 5.41) is 0. The molecule has 1 aliphatic heterocycles. The molecule has 0 fully saturated rings. The molecule has 0 atom stereocenters. The lowest BCUT2D eigenvalue weighted by Gasteiger charge is -2.29. The highest BCUT2D eigenvalue weighted by Gasteiger charge is 2.30. The molecule has 0 unspecified atom stereocenters. The lowest BCUT2D eigenvalue weighted by Crippen LogP contribution is -2.35. The van der Waals surface area contributed by atoms with Crippen LogP contribution in [0.2, 0.25) is 0 Å². The molecular weight excluding hydrogens is 438 g/mol. The number of benzene rings is 4. The minimum absolute atomic E-state index is 0.260. The minimum atomic E-state index is -3.66. The van der Waals surface area contributed by atoms with Gasteiger partial charge in [-0.15, -0.1) is 5.73 Å². The highest BCUT2D eigenvalue weighted by molar-refractivity contribution is 7.89. The number of hydrogen-bond acceptors (Lipinski definition) is 2. The fraction of sp³-hybridized carbons (Fsp3) is 0.100. The number of fused-ring (bicyclic) bond motifs is 1. The molecule has 4 aromatic rings. The van der Waals surface area contributed by atoms with E-state index in [2.05, 4.69) is 36.1 Å². The van der Waals surface area contributed by atoms with E-state index >= 15 is 0 Å². The quantitative estimate of drug-likeness (QED) is 0.333. The zero-order chi connectivity index (χ0) is 23.5. The molecule has 4 heteroatoms. The molecule has 1 aliphatic rings. The van der Waals surface area contributed by atoms with E-state index < -0.39 is 10.0 Å². The van der Waals surface area contributed by atoms with Crippen LogP contribution in [0, 0.1) is 6.92 Å². The van der Waals surface area contributed by atoms with Crippen molar-refractivity contribution >= 4 is 21.2 Å². The second-order valence-corrected chi connectivity index (χ2v) is 10.4. The van der Waals surface area contributed by atoms with Crippen molar-refractivity contribution in [3.8, 4) is 0 Å². The Balaban J connectivity index is 1.70. The predicted octanol–water partition coefficient (Wildman–Crippen LogP) is 6.31. The van der Waals surface area contributed by atoms with Crippen LogP contribution in [0.1, 0.15) is 27.8 Å². The molecule has 0 bridgehead atoms. The van der Waals surface area contributed by atoms with Crippen molar-refractivity contribution in [2.24, 2.45) is 0 Å². The smallest absolute Gasteiger partial charge is 0.207 e. The SMILES string of the molecule is Cc1ccc(S(=O)(=O)N2CC(=C=C(c3ccccc3)c3ccccc3)c3ccccc3C2)cc1. The van der Waals surface area contributed by atoms with Gasteiger partial charge in [0.2, 0.25) is 10.0 Å². The van der Waals surface area contributed by atoms with E-state index in [9.17, 15) is 8.42 Å². The lowest BCUT2D eigenvalue weighted by atomic mass is 9.93. The maximum absolute atomic E-state index is 13.6. The Bertz CT molecular complexity index is 1440. The zero-order valence-corrected chi connectivity index (χ0v) is 19.8. The van der Waals surface area contributed by atoms with Gasteiger partial charge in [0, 0.05) is 24.2 Å². The molecular formula is C30H25NO2S. The molecule has 0 amide bonds. The molecule has 4 aromatic carbocycles. The standard InChI is InChI=1S/C30H25NO2S/c1-23-16-18-28(19-17-23)34(32,33)31-21-26-14-8-9-15-29(26)27(22-31)20-30(24-10-4-2-5-11-24)25-12-6-3-7-13-25/h2-19H,21-22H2,1H3. The number of hydrogen-bond donors (Lipinski definition) is 0. The molecule has 34 heavy (non-hydrogen) atoms. The van der Waals surface area contributed by atoms with Crippen LogP contribution in [-0.4, -0.2) is 19.3 Å². The summed E-state index contributed by atoms with van der Waals surface area (Å²) in [6, 6.07) is 35.3. The van der Waals surface area contributed by atoms with E-state index in [1.165, 1.54) is 0 Å². The lowest BCUT2D eigenvalue weighted by molar-refractivity contribution is 0.434. The van der Waals surface area contributed by atoms with Crippen LogP contribution < -0.4 is 0 Å². The van der Waals surface area contributed by atoms with E-state index in [-0.39, 0.29) is 6.54 Å². The van der Waals surface area contributed by atoms with Crippen LogP contribution >= 0.6 is 0 Å². The van der Waals surface area contributed by atoms with Crippen LogP contribution in [0.15, 0.2) is 120 Å².